The Morgan fingerprint density at radius 2 is 1.92 bits per heavy atom. The van der Waals surface area contributed by atoms with Gasteiger partial charge in [-0.05, 0) is 37.3 Å². The molecule has 0 radical (unpaired) electrons. The second kappa shape index (κ2) is 6.80. The molecule has 24 heavy (non-hydrogen) atoms. The summed E-state index contributed by atoms with van der Waals surface area (Å²) in [6, 6.07) is 8.43. The van der Waals surface area contributed by atoms with E-state index in [-0.39, 0.29) is 5.91 Å². The van der Waals surface area contributed by atoms with E-state index in [2.05, 4.69) is 50.1 Å². The van der Waals surface area contributed by atoms with Gasteiger partial charge in [0.05, 0.1) is 12.1 Å². The number of benzene rings is 1. The summed E-state index contributed by atoms with van der Waals surface area (Å²) in [4.78, 5) is 14.8. The van der Waals surface area contributed by atoms with Crippen molar-refractivity contribution in [1.82, 2.24) is 14.7 Å². The fraction of sp³-hybridized carbons (Fsp3) is 0.500. The van der Waals surface area contributed by atoms with Crippen molar-refractivity contribution in [2.24, 2.45) is 5.92 Å². The molecule has 2 aromatic rings. The first-order valence-electron chi connectivity index (χ1n) is 8.83. The summed E-state index contributed by atoms with van der Waals surface area (Å²) < 4.78 is 2.05. The van der Waals surface area contributed by atoms with Crippen LogP contribution in [0.15, 0.2) is 24.3 Å². The number of hydrogen-bond acceptors (Lipinski definition) is 2. The molecule has 0 aliphatic carbocycles. The molecule has 0 spiro atoms. The minimum atomic E-state index is 0.208. The lowest BCUT2D eigenvalue weighted by molar-refractivity contribution is -0.131. The van der Waals surface area contributed by atoms with Gasteiger partial charge in [0.1, 0.15) is 0 Å². The van der Waals surface area contributed by atoms with Crippen molar-refractivity contribution in [3.05, 3.63) is 52.3 Å². The third-order valence-electron chi connectivity index (χ3n) is 4.88. The molecule has 128 valence electrons. The number of aryl methyl sites for hydroxylation is 1. The van der Waals surface area contributed by atoms with Crippen molar-refractivity contribution >= 4 is 5.91 Å². The molecule has 0 fully saturated rings. The summed E-state index contributed by atoms with van der Waals surface area (Å²) in [7, 11) is 0. The quantitative estimate of drug-likeness (QED) is 0.865. The van der Waals surface area contributed by atoms with Gasteiger partial charge in [0.15, 0.2) is 0 Å². The van der Waals surface area contributed by atoms with Gasteiger partial charge in [-0.15, -0.1) is 0 Å². The second-order valence-electron chi connectivity index (χ2n) is 7.24. The highest BCUT2D eigenvalue weighted by molar-refractivity contribution is 5.79. The van der Waals surface area contributed by atoms with Crippen LogP contribution in [-0.2, 0) is 30.7 Å². The van der Waals surface area contributed by atoms with Crippen molar-refractivity contribution in [2.45, 2.75) is 53.6 Å². The van der Waals surface area contributed by atoms with Gasteiger partial charge >= 0.3 is 0 Å². The van der Waals surface area contributed by atoms with E-state index in [4.69, 9.17) is 0 Å². The molecule has 0 bridgehead atoms. The van der Waals surface area contributed by atoms with Crippen molar-refractivity contribution in [2.75, 3.05) is 6.54 Å². The lowest BCUT2D eigenvalue weighted by Crippen LogP contribution is -2.37. The Morgan fingerprint density at radius 3 is 2.62 bits per heavy atom. The molecule has 1 amide bonds. The van der Waals surface area contributed by atoms with Crippen LogP contribution >= 0.6 is 0 Å². The van der Waals surface area contributed by atoms with Crippen LogP contribution in [0.25, 0.3) is 0 Å². The summed E-state index contributed by atoms with van der Waals surface area (Å²) in [5.74, 6) is 0.755. The zero-order valence-corrected chi connectivity index (χ0v) is 15.2. The van der Waals surface area contributed by atoms with Crippen molar-refractivity contribution in [3.63, 3.8) is 0 Å². The number of rotatable bonds is 4. The van der Waals surface area contributed by atoms with E-state index in [9.17, 15) is 4.79 Å². The lowest BCUT2D eigenvalue weighted by Gasteiger charge is -2.29. The summed E-state index contributed by atoms with van der Waals surface area (Å²) >= 11 is 0. The normalized spacial score (nSPS) is 14.1. The van der Waals surface area contributed by atoms with Crippen LogP contribution in [0.3, 0.4) is 0 Å². The second-order valence-corrected chi connectivity index (χ2v) is 7.24. The Kier molecular flexibility index (Phi) is 4.74. The SMILES string of the molecule is Cc1nn(CC(C)C)c(C)c1CC(=O)N1CCc2ccccc2C1. The minimum absolute atomic E-state index is 0.208. The summed E-state index contributed by atoms with van der Waals surface area (Å²) in [5, 5.41) is 4.63. The van der Waals surface area contributed by atoms with Gasteiger partial charge in [-0.2, -0.15) is 5.10 Å². The van der Waals surface area contributed by atoms with Gasteiger partial charge < -0.3 is 4.90 Å². The Bertz CT molecular complexity index is 745. The van der Waals surface area contributed by atoms with Crippen molar-refractivity contribution < 1.29 is 4.79 Å². The number of carbonyl (C=O) groups is 1. The Balaban J connectivity index is 1.73. The maximum Gasteiger partial charge on any atom is 0.227 e. The number of amides is 1. The van der Waals surface area contributed by atoms with Crippen LogP contribution in [0.2, 0.25) is 0 Å². The molecule has 0 unspecified atom stereocenters. The van der Waals surface area contributed by atoms with Crippen LogP contribution in [-0.4, -0.2) is 27.1 Å². The first-order chi connectivity index (χ1) is 11.5. The summed E-state index contributed by atoms with van der Waals surface area (Å²) in [6.45, 7) is 10.9. The molecule has 4 nitrogen and oxygen atoms in total. The fourth-order valence-electron chi connectivity index (χ4n) is 3.49. The van der Waals surface area contributed by atoms with E-state index in [1.54, 1.807) is 0 Å². The van der Waals surface area contributed by atoms with Gasteiger partial charge in [0.25, 0.3) is 0 Å². The number of fused-ring (bicyclic) bond motifs is 1. The summed E-state index contributed by atoms with van der Waals surface area (Å²) in [6.07, 6.45) is 1.41. The third kappa shape index (κ3) is 3.37. The molecule has 0 saturated heterocycles. The predicted octanol–water partition coefficient (Wildman–Crippen LogP) is 3.28. The van der Waals surface area contributed by atoms with E-state index in [1.165, 1.54) is 11.1 Å². The Morgan fingerprint density at radius 1 is 1.21 bits per heavy atom. The van der Waals surface area contributed by atoms with E-state index in [0.717, 1.165) is 43.0 Å². The third-order valence-corrected chi connectivity index (χ3v) is 4.88. The van der Waals surface area contributed by atoms with E-state index in [0.29, 0.717) is 12.3 Å². The first-order valence-corrected chi connectivity index (χ1v) is 8.83. The highest BCUT2D eigenvalue weighted by atomic mass is 16.2. The molecule has 3 rings (SSSR count). The molecule has 0 N–H and O–H groups in total. The Hall–Kier alpha value is -2.10. The predicted molar refractivity (Wildman–Crippen MR) is 95.8 cm³/mol. The smallest absolute Gasteiger partial charge is 0.227 e. The molecule has 1 aromatic carbocycles. The van der Waals surface area contributed by atoms with Crippen LogP contribution in [0, 0.1) is 19.8 Å². The van der Waals surface area contributed by atoms with E-state index in [1.807, 2.05) is 16.5 Å². The minimum Gasteiger partial charge on any atom is -0.338 e. The van der Waals surface area contributed by atoms with Crippen molar-refractivity contribution in [1.29, 1.82) is 0 Å². The standard InChI is InChI=1S/C20H27N3O/c1-14(2)12-23-16(4)19(15(3)21-23)11-20(24)22-10-9-17-7-5-6-8-18(17)13-22/h5-8,14H,9-13H2,1-4H3. The summed E-state index contributed by atoms with van der Waals surface area (Å²) in [5.41, 5.74) is 5.87. The van der Waals surface area contributed by atoms with E-state index >= 15 is 0 Å². The molecule has 1 aliphatic rings. The molecular weight excluding hydrogens is 298 g/mol. The van der Waals surface area contributed by atoms with Gasteiger partial charge in [-0.3, -0.25) is 9.48 Å². The number of hydrogen-bond donors (Lipinski definition) is 0. The largest absolute Gasteiger partial charge is 0.338 e. The van der Waals surface area contributed by atoms with Crippen LogP contribution in [0.5, 0.6) is 0 Å². The van der Waals surface area contributed by atoms with Crippen LogP contribution in [0.1, 0.15) is 41.9 Å². The molecule has 1 aromatic heterocycles. The maximum atomic E-state index is 12.8. The van der Waals surface area contributed by atoms with Crippen molar-refractivity contribution in [3.8, 4) is 0 Å². The fourth-order valence-corrected chi connectivity index (χ4v) is 3.49. The van der Waals surface area contributed by atoms with E-state index < -0.39 is 0 Å². The van der Waals surface area contributed by atoms with Crippen LogP contribution < -0.4 is 0 Å². The monoisotopic (exact) mass is 325 g/mol. The van der Waals surface area contributed by atoms with Gasteiger partial charge in [-0.1, -0.05) is 38.1 Å². The maximum absolute atomic E-state index is 12.8. The highest BCUT2D eigenvalue weighted by Crippen LogP contribution is 2.21. The lowest BCUT2D eigenvalue weighted by atomic mass is 9.99. The molecule has 2 heterocycles. The average Bonchev–Trinajstić information content (AvgIpc) is 2.81. The van der Waals surface area contributed by atoms with Gasteiger partial charge in [0.2, 0.25) is 5.91 Å². The van der Waals surface area contributed by atoms with Gasteiger partial charge in [-0.25, -0.2) is 0 Å². The average molecular weight is 325 g/mol. The zero-order valence-electron chi connectivity index (χ0n) is 15.2. The molecule has 0 saturated carbocycles. The number of carbonyl (C=O) groups excluding carboxylic acids is 1. The first kappa shape index (κ1) is 16.7. The number of aromatic nitrogens is 2. The number of nitrogens with zero attached hydrogens (tertiary/aromatic N) is 3. The Labute approximate surface area is 144 Å². The molecule has 0 atom stereocenters. The molecule has 4 heteroatoms. The molecular formula is C20H27N3O. The van der Waals surface area contributed by atoms with Gasteiger partial charge in [0, 0.05) is 30.9 Å². The van der Waals surface area contributed by atoms with Crippen LogP contribution in [0.4, 0.5) is 0 Å². The zero-order chi connectivity index (χ0) is 17.3. The molecule has 1 aliphatic heterocycles. The topological polar surface area (TPSA) is 38.1 Å². The highest BCUT2D eigenvalue weighted by Gasteiger charge is 2.23.